The number of benzene rings is 2. The highest BCUT2D eigenvalue weighted by atomic mass is 16.6. The van der Waals surface area contributed by atoms with Crippen molar-refractivity contribution in [1.82, 2.24) is 10.2 Å². The summed E-state index contributed by atoms with van der Waals surface area (Å²) in [4.78, 5) is 37.9. The average Bonchev–Trinajstić information content (AvgIpc) is 2.92. The fourth-order valence-electron chi connectivity index (χ4n) is 3.35. The van der Waals surface area contributed by atoms with Gasteiger partial charge in [-0.25, -0.2) is 4.79 Å². The number of nitrogens with zero attached hydrogens (tertiary/aromatic N) is 1. The van der Waals surface area contributed by atoms with Crippen molar-refractivity contribution in [3.8, 4) is 11.5 Å². The molecule has 2 aliphatic rings. The summed E-state index contributed by atoms with van der Waals surface area (Å²) in [6.45, 7) is 2.65. The molecule has 2 aromatic rings. The molecule has 2 aliphatic heterocycles. The van der Waals surface area contributed by atoms with E-state index in [-0.39, 0.29) is 12.5 Å². The molecule has 1 atom stereocenters. The average molecular weight is 381 g/mol. The van der Waals surface area contributed by atoms with Crippen LogP contribution in [0.4, 0.5) is 4.79 Å². The maximum absolute atomic E-state index is 13.1. The van der Waals surface area contributed by atoms with E-state index in [1.165, 1.54) is 0 Å². The van der Waals surface area contributed by atoms with Gasteiger partial charge in [0.2, 0.25) is 5.91 Å². The van der Waals surface area contributed by atoms with E-state index in [4.69, 9.17) is 15.2 Å². The van der Waals surface area contributed by atoms with Crippen LogP contribution in [-0.2, 0) is 16.9 Å². The minimum absolute atomic E-state index is 0.0872. The lowest BCUT2D eigenvalue weighted by Gasteiger charge is -2.25. The molecule has 2 aromatic carbocycles. The van der Waals surface area contributed by atoms with Gasteiger partial charge in [0.25, 0.3) is 5.91 Å². The van der Waals surface area contributed by atoms with Gasteiger partial charge in [-0.05, 0) is 42.3 Å². The quantitative estimate of drug-likeness (QED) is 0.780. The van der Waals surface area contributed by atoms with E-state index in [2.05, 4.69) is 5.32 Å². The molecule has 8 nitrogen and oxygen atoms in total. The number of urea groups is 1. The van der Waals surface area contributed by atoms with Crippen molar-refractivity contribution in [2.45, 2.75) is 19.0 Å². The van der Waals surface area contributed by atoms with Crippen molar-refractivity contribution in [1.29, 1.82) is 0 Å². The molecule has 1 saturated heterocycles. The highest BCUT2D eigenvalue weighted by Gasteiger charge is 2.49. The van der Waals surface area contributed by atoms with Crippen LogP contribution in [0.5, 0.6) is 11.5 Å². The van der Waals surface area contributed by atoms with Crippen LogP contribution in [0, 0.1) is 0 Å². The van der Waals surface area contributed by atoms with E-state index in [0.29, 0.717) is 41.4 Å². The summed E-state index contributed by atoms with van der Waals surface area (Å²) in [6.07, 6.45) is 0. The Labute approximate surface area is 161 Å². The van der Waals surface area contributed by atoms with Crippen LogP contribution >= 0.6 is 0 Å². The molecular formula is C20H19N3O5. The van der Waals surface area contributed by atoms with Crippen LogP contribution in [0.3, 0.4) is 0 Å². The Bertz CT molecular complexity index is 972. The number of hydrogen-bond donors (Lipinski definition) is 2. The SMILES string of the molecule is C[C@]1(c2ccc3c(c2)OCCO3)NC(=O)N(Cc2ccc(C(N)=O)cc2)C1=O. The molecule has 0 bridgehead atoms. The number of nitrogens with two attached hydrogens (primary N) is 1. The van der Waals surface area contributed by atoms with Crippen molar-refractivity contribution in [3.05, 3.63) is 59.2 Å². The predicted molar refractivity (Wildman–Crippen MR) is 98.8 cm³/mol. The monoisotopic (exact) mass is 381 g/mol. The summed E-state index contributed by atoms with van der Waals surface area (Å²) < 4.78 is 11.1. The molecule has 8 heteroatoms. The van der Waals surface area contributed by atoms with Crippen molar-refractivity contribution >= 4 is 17.8 Å². The molecule has 0 saturated carbocycles. The summed E-state index contributed by atoms with van der Waals surface area (Å²) in [5.74, 6) is 0.259. The summed E-state index contributed by atoms with van der Waals surface area (Å²) in [6, 6.07) is 11.2. The minimum Gasteiger partial charge on any atom is -0.486 e. The molecule has 2 heterocycles. The van der Waals surface area contributed by atoms with Gasteiger partial charge in [0.1, 0.15) is 18.8 Å². The minimum atomic E-state index is -1.21. The maximum Gasteiger partial charge on any atom is 0.325 e. The van der Waals surface area contributed by atoms with Crippen LogP contribution in [-0.4, -0.2) is 36.0 Å². The molecule has 0 spiro atoms. The van der Waals surface area contributed by atoms with Gasteiger partial charge < -0.3 is 20.5 Å². The fraction of sp³-hybridized carbons (Fsp3) is 0.250. The van der Waals surface area contributed by atoms with Crippen molar-refractivity contribution in [2.24, 2.45) is 5.73 Å². The Morgan fingerprint density at radius 3 is 2.46 bits per heavy atom. The molecule has 3 N–H and O–H groups in total. The second kappa shape index (κ2) is 6.56. The number of imide groups is 1. The van der Waals surface area contributed by atoms with Gasteiger partial charge in [0, 0.05) is 5.56 Å². The number of rotatable bonds is 4. The number of carbonyl (C=O) groups excluding carboxylic acids is 3. The predicted octanol–water partition coefficient (Wildman–Crippen LogP) is 1.52. The normalized spacial score (nSPS) is 20.8. The van der Waals surface area contributed by atoms with Gasteiger partial charge in [-0.15, -0.1) is 0 Å². The molecule has 0 aliphatic carbocycles. The van der Waals surface area contributed by atoms with Crippen molar-refractivity contribution < 1.29 is 23.9 Å². The molecular weight excluding hydrogens is 362 g/mol. The van der Waals surface area contributed by atoms with Crippen molar-refractivity contribution in [2.75, 3.05) is 13.2 Å². The molecule has 144 valence electrons. The number of carbonyl (C=O) groups is 3. The topological polar surface area (TPSA) is 111 Å². The summed E-state index contributed by atoms with van der Waals surface area (Å²) in [5.41, 5.74) is 5.71. The van der Waals surface area contributed by atoms with E-state index in [0.717, 1.165) is 4.90 Å². The number of hydrogen-bond acceptors (Lipinski definition) is 5. The largest absolute Gasteiger partial charge is 0.486 e. The van der Waals surface area contributed by atoms with Crippen LogP contribution in [0.25, 0.3) is 0 Å². The first-order chi connectivity index (χ1) is 13.4. The first kappa shape index (κ1) is 17.8. The third kappa shape index (κ3) is 2.92. The Balaban J connectivity index is 1.58. The van der Waals surface area contributed by atoms with Gasteiger partial charge in [-0.2, -0.15) is 0 Å². The van der Waals surface area contributed by atoms with E-state index < -0.39 is 17.5 Å². The third-order valence-electron chi connectivity index (χ3n) is 4.97. The summed E-state index contributed by atoms with van der Waals surface area (Å²) >= 11 is 0. The number of amides is 4. The standard InChI is InChI=1S/C20H19N3O5/c1-20(14-6-7-15-16(10-14)28-9-8-27-15)18(25)23(19(26)22-20)11-12-2-4-13(5-3-12)17(21)24/h2-7,10H,8-9,11H2,1H3,(H2,21,24)(H,22,26)/t20-/m1/s1. The van der Waals surface area contributed by atoms with Crippen LogP contribution in [0.15, 0.2) is 42.5 Å². The van der Waals surface area contributed by atoms with Gasteiger partial charge >= 0.3 is 6.03 Å². The molecule has 0 unspecified atom stereocenters. The number of nitrogens with one attached hydrogen (secondary N) is 1. The molecule has 0 radical (unpaired) electrons. The highest BCUT2D eigenvalue weighted by Crippen LogP contribution is 2.37. The fourth-order valence-corrected chi connectivity index (χ4v) is 3.35. The van der Waals surface area contributed by atoms with Crippen LogP contribution in [0.1, 0.15) is 28.4 Å². The Hall–Kier alpha value is -3.55. The zero-order valence-electron chi connectivity index (χ0n) is 15.2. The van der Waals surface area contributed by atoms with Gasteiger partial charge in [0.15, 0.2) is 11.5 Å². The smallest absolute Gasteiger partial charge is 0.325 e. The molecule has 1 fully saturated rings. The van der Waals surface area contributed by atoms with Gasteiger partial charge in [-0.1, -0.05) is 18.2 Å². The molecule has 28 heavy (non-hydrogen) atoms. The zero-order valence-corrected chi connectivity index (χ0v) is 15.2. The van der Waals surface area contributed by atoms with E-state index >= 15 is 0 Å². The first-order valence-corrected chi connectivity index (χ1v) is 8.81. The lowest BCUT2D eigenvalue weighted by atomic mass is 9.91. The summed E-state index contributed by atoms with van der Waals surface area (Å²) in [5, 5.41) is 2.77. The first-order valence-electron chi connectivity index (χ1n) is 8.81. The number of ether oxygens (including phenoxy) is 2. The van der Waals surface area contributed by atoms with Crippen LogP contribution < -0.4 is 20.5 Å². The van der Waals surface area contributed by atoms with Gasteiger partial charge in [-0.3, -0.25) is 14.5 Å². The molecule has 4 rings (SSSR count). The third-order valence-corrected chi connectivity index (χ3v) is 4.97. The van der Waals surface area contributed by atoms with Gasteiger partial charge in [0.05, 0.1) is 6.54 Å². The summed E-state index contributed by atoms with van der Waals surface area (Å²) in [7, 11) is 0. The Morgan fingerprint density at radius 1 is 1.11 bits per heavy atom. The van der Waals surface area contributed by atoms with E-state index in [1.54, 1.807) is 49.4 Å². The molecule has 4 amide bonds. The second-order valence-corrected chi connectivity index (χ2v) is 6.87. The maximum atomic E-state index is 13.1. The number of fused-ring (bicyclic) bond motifs is 1. The Kier molecular flexibility index (Phi) is 4.18. The number of primary amides is 1. The lowest BCUT2D eigenvalue weighted by Crippen LogP contribution is -2.41. The van der Waals surface area contributed by atoms with E-state index in [9.17, 15) is 14.4 Å². The highest BCUT2D eigenvalue weighted by molar-refractivity contribution is 6.07. The lowest BCUT2D eigenvalue weighted by molar-refractivity contribution is -0.131. The second-order valence-electron chi connectivity index (χ2n) is 6.87. The van der Waals surface area contributed by atoms with Crippen LogP contribution in [0.2, 0.25) is 0 Å². The Morgan fingerprint density at radius 2 is 1.79 bits per heavy atom. The molecule has 0 aromatic heterocycles. The van der Waals surface area contributed by atoms with E-state index in [1.807, 2.05) is 0 Å². The van der Waals surface area contributed by atoms with Crippen molar-refractivity contribution in [3.63, 3.8) is 0 Å². The zero-order chi connectivity index (χ0) is 19.9.